The van der Waals surface area contributed by atoms with Crippen LogP contribution in [0.4, 0.5) is 5.13 Å². The van der Waals surface area contributed by atoms with Crippen LogP contribution in [0.3, 0.4) is 0 Å². The van der Waals surface area contributed by atoms with Crippen molar-refractivity contribution >= 4 is 43.4 Å². The van der Waals surface area contributed by atoms with Gasteiger partial charge in [0.15, 0.2) is 5.13 Å². The molecule has 1 saturated heterocycles. The Balaban J connectivity index is 1.61. The van der Waals surface area contributed by atoms with Gasteiger partial charge in [0.2, 0.25) is 0 Å². The number of ether oxygens (including phenoxy) is 1. The fraction of sp³-hybridized carbons (Fsp3) is 0.280. The Morgan fingerprint density at radius 3 is 2.83 bits per heavy atom. The first kappa shape index (κ1) is 19.2. The molecule has 0 N–H and O–H groups in total. The Morgan fingerprint density at radius 1 is 1.17 bits per heavy atom. The van der Waals surface area contributed by atoms with Crippen molar-refractivity contribution in [2.75, 3.05) is 18.1 Å². The van der Waals surface area contributed by atoms with Crippen LogP contribution in [0.2, 0.25) is 0 Å². The minimum Gasteiger partial charge on any atom is -0.376 e. The zero-order valence-electron chi connectivity index (χ0n) is 17.2. The van der Waals surface area contributed by atoms with Crippen molar-refractivity contribution < 1.29 is 9.53 Å². The van der Waals surface area contributed by atoms with E-state index in [1.165, 1.54) is 11.1 Å². The number of nitrogens with zero attached hydrogens (tertiary/aromatic N) is 2. The molecule has 1 unspecified atom stereocenters. The molecule has 5 rings (SSSR count). The number of aromatic nitrogens is 1. The van der Waals surface area contributed by atoms with E-state index in [0.29, 0.717) is 12.1 Å². The molecule has 0 radical (unpaired) electrons. The molecule has 152 valence electrons. The van der Waals surface area contributed by atoms with E-state index < -0.39 is 0 Å². The van der Waals surface area contributed by atoms with E-state index in [0.717, 1.165) is 45.6 Å². The van der Waals surface area contributed by atoms with Crippen molar-refractivity contribution in [1.29, 1.82) is 0 Å². The molecule has 1 atom stereocenters. The molecule has 5 heteroatoms. The highest BCUT2D eigenvalue weighted by Gasteiger charge is 2.28. The molecule has 0 spiro atoms. The lowest BCUT2D eigenvalue weighted by Gasteiger charge is -2.23. The first-order chi connectivity index (χ1) is 14.6. The number of hydrogen-bond donors (Lipinski definition) is 0. The van der Waals surface area contributed by atoms with Crippen LogP contribution in [0.15, 0.2) is 54.6 Å². The Kier molecular flexibility index (Phi) is 5.01. The average molecular weight is 417 g/mol. The third kappa shape index (κ3) is 3.48. The van der Waals surface area contributed by atoms with Crippen LogP contribution in [0.25, 0.3) is 21.0 Å². The van der Waals surface area contributed by atoms with Crippen LogP contribution >= 0.6 is 11.3 Å². The zero-order chi connectivity index (χ0) is 20.7. The molecule has 30 heavy (non-hydrogen) atoms. The highest BCUT2D eigenvalue weighted by Crippen LogP contribution is 2.34. The van der Waals surface area contributed by atoms with Crippen LogP contribution in [0.1, 0.15) is 34.3 Å². The van der Waals surface area contributed by atoms with Crippen LogP contribution in [0.5, 0.6) is 0 Å². The van der Waals surface area contributed by atoms with E-state index in [1.807, 2.05) is 47.4 Å². The summed E-state index contributed by atoms with van der Waals surface area (Å²) in [7, 11) is 0. The number of aryl methyl sites for hydroxylation is 2. The monoisotopic (exact) mass is 416 g/mol. The predicted octanol–water partition coefficient (Wildman–Crippen LogP) is 5.89. The summed E-state index contributed by atoms with van der Waals surface area (Å²) >= 11 is 1.59. The average Bonchev–Trinajstić information content (AvgIpc) is 3.41. The lowest BCUT2D eigenvalue weighted by Crippen LogP contribution is -2.37. The Morgan fingerprint density at radius 2 is 2.00 bits per heavy atom. The number of carbonyl (C=O) groups is 1. The van der Waals surface area contributed by atoms with Crippen molar-refractivity contribution in [3.63, 3.8) is 0 Å². The summed E-state index contributed by atoms with van der Waals surface area (Å²) in [5, 5.41) is 2.78. The van der Waals surface area contributed by atoms with Gasteiger partial charge in [-0.2, -0.15) is 0 Å². The molecule has 4 aromatic rings. The summed E-state index contributed by atoms with van der Waals surface area (Å²) < 4.78 is 7.02. The van der Waals surface area contributed by atoms with Crippen molar-refractivity contribution in [3.05, 3.63) is 71.3 Å². The summed E-state index contributed by atoms with van der Waals surface area (Å²) in [5.74, 6) is -0.0178. The number of benzene rings is 3. The first-order valence-electron chi connectivity index (χ1n) is 10.4. The molecule has 1 aliphatic heterocycles. The largest absolute Gasteiger partial charge is 0.376 e. The van der Waals surface area contributed by atoms with Gasteiger partial charge in [-0.25, -0.2) is 4.98 Å². The fourth-order valence-electron chi connectivity index (χ4n) is 4.28. The van der Waals surface area contributed by atoms with Gasteiger partial charge < -0.3 is 4.74 Å². The molecule has 2 heterocycles. The van der Waals surface area contributed by atoms with Gasteiger partial charge in [0.1, 0.15) is 0 Å². The van der Waals surface area contributed by atoms with Gasteiger partial charge in [-0.3, -0.25) is 9.69 Å². The standard InChI is InChI=1S/C25H24N2O2S/c1-16-13-17(2)23-22(14-16)26-25(30-23)27(15-19-9-6-12-29-19)24(28)21-11-5-8-18-7-3-4-10-20(18)21/h3-5,7-8,10-11,13-14,19H,6,9,12,15H2,1-2H3. The van der Waals surface area contributed by atoms with E-state index in [9.17, 15) is 4.79 Å². The Labute approximate surface area is 180 Å². The maximum absolute atomic E-state index is 13.8. The number of anilines is 1. The Hall–Kier alpha value is -2.76. The van der Waals surface area contributed by atoms with Gasteiger partial charge in [0, 0.05) is 12.2 Å². The van der Waals surface area contributed by atoms with Crippen molar-refractivity contribution in [2.45, 2.75) is 32.8 Å². The van der Waals surface area contributed by atoms with Gasteiger partial charge >= 0.3 is 0 Å². The summed E-state index contributed by atoms with van der Waals surface area (Å²) in [6.07, 6.45) is 2.07. The van der Waals surface area contributed by atoms with Crippen LogP contribution in [-0.4, -0.2) is 30.1 Å². The van der Waals surface area contributed by atoms with Crippen molar-refractivity contribution in [1.82, 2.24) is 4.98 Å². The summed E-state index contributed by atoms with van der Waals surface area (Å²) in [4.78, 5) is 20.5. The minimum atomic E-state index is -0.0178. The lowest BCUT2D eigenvalue weighted by molar-refractivity contribution is 0.0919. The number of fused-ring (bicyclic) bond motifs is 2. The third-order valence-electron chi connectivity index (χ3n) is 5.72. The van der Waals surface area contributed by atoms with Crippen LogP contribution in [-0.2, 0) is 4.74 Å². The van der Waals surface area contributed by atoms with Gasteiger partial charge in [-0.05, 0) is 60.7 Å². The molecule has 0 bridgehead atoms. The molecular formula is C25H24N2O2S. The number of carbonyl (C=O) groups excluding carboxylic acids is 1. The predicted molar refractivity (Wildman–Crippen MR) is 124 cm³/mol. The number of amides is 1. The molecule has 1 amide bonds. The smallest absolute Gasteiger partial charge is 0.260 e. The van der Waals surface area contributed by atoms with Gasteiger partial charge in [0.05, 0.1) is 22.9 Å². The van der Waals surface area contributed by atoms with E-state index >= 15 is 0 Å². The topological polar surface area (TPSA) is 42.4 Å². The maximum Gasteiger partial charge on any atom is 0.260 e. The van der Waals surface area contributed by atoms with E-state index in [-0.39, 0.29) is 12.0 Å². The van der Waals surface area contributed by atoms with Crippen LogP contribution in [0, 0.1) is 13.8 Å². The molecule has 4 nitrogen and oxygen atoms in total. The summed E-state index contributed by atoms with van der Waals surface area (Å²) in [5.41, 5.74) is 4.04. The SMILES string of the molecule is Cc1cc(C)c2sc(N(CC3CCCO3)C(=O)c3cccc4ccccc34)nc2c1. The second-order valence-electron chi connectivity index (χ2n) is 8.00. The van der Waals surface area contributed by atoms with E-state index in [1.54, 1.807) is 11.3 Å². The quantitative estimate of drug-likeness (QED) is 0.416. The highest BCUT2D eigenvalue weighted by atomic mass is 32.1. The highest BCUT2D eigenvalue weighted by molar-refractivity contribution is 7.22. The maximum atomic E-state index is 13.8. The molecule has 1 aromatic heterocycles. The van der Waals surface area contributed by atoms with Gasteiger partial charge in [0.25, 0.3) is 5.91 Å². The summed E-state index contributed by atoms with van der Waals surface area (Å²) in [6, 6.07) is 18.2. The summed E-state index contributed by atoms with van der Waals surface area (Å²) in [6.45, 7) is 5.48. The minimum absolute atomic E-state index is 0.0178. The van der Waals surface area contributed by atoms with Gasteiger partial charge in [-0.1, -0.05) is 53.8 Å². The van der Waals surface area contributed by atoms with Crippen molar-refractivity contribution in [3.8, 4) is 0 Å². The molecule has 1 aliphatic rings. The molecule has 0 saturated carbocycles. The van der Waals surface area contributed by atoms with Crippen LogP contribution < -0.4 is 4.90 Å². The number of hydrogen-bond acceptors (Lipinski definition) is 4. The van der Waals surface area contributed by atoms with Gasteiger partial charge in [-0.15, -0.1) is 0 Å². The lowest BCUT2D eigenvalue weighted by atomic mass is 10.0. The van der Waals surface area contributed by atoms with Crippen molar-refractivity contribution in [2.24, 2.45) is 0 Å². The first-order valence-corrected chi connectivity index (χ1v) is 11.2. The molecule has 0 aliphatic carbocycles. The zero-order valence-corrected chi connectivity index (χ0v) is 18.0. The number of thiazole rings is 1. The third-order valence-corrected chi connectivity index (χ3v) is 6.94. The normalized spacial score (nSPS) is 16.4. The van der Waals surface area contributed by atoms with E-state index in [2.05, 4.69) is 26.0 Å². The fourth-order valence-corrected chi connectivity index (χ4v) is 5.30. The Bertz CT molecular complexity index is 1240. The second-order valence-corrected chi connectivity index (χ2v) is 8.98. The molecule has 1 fully saturated rings. The second kappa shape index (κ2) is 7.82. The van der Waals surface area contributed by atoms with E-state index in [4.69, 9.17) is 9.72 Å². The molecular weight excluding hydrogens is 392 g/mol. The number of rotatable bonds is 4. The molecule has 3 aromatic carbocycles.